The van der Waals surface area contributed by atoms with Gasteiger partial charge in [-0.3, -0.25) is 4.68 Å². The highest BCUT2D eigenvalue weighted by Crippen LogP contribution is 2.12. The molecule has 6 heteroatoms. The molecular weight excluding hydrogens is 242 g/mol. The molecule has 18 heavy (non-hydrogen) atoms. The zero-order valence-electron chi connectivity index (χ0n) is 9.52. The van der Waals surface area contributed by atoms with Gasteiger partial charge in [-0.2, -0.15) is 5.10 Å². The monoisotopic (exact) mass is 252 g/mol. The molecule has 0 saturated carbocycles. The van der Waals surface area contributed by atoms with E-state index in [4.69, 9.17) is 5.11 Å². The predicted molar refractivity (Wildman–Crippen MR) is 59.4 cm³/mol. The Kier molecular flexibility index (Phi) is 3.10. The van der Waals surface area contributed by atoms with Gasteiger partial charge in [-0.25, -0.2) is 13.6 Å². The Morgan fingerprint density at radius 2 is 1.94 bits per heavy atom. The molecule has 2 rings (SSSR count). The van der Waals surface area contributed by atoms with Crippen molar-refractivity contribution in [1.29, 1.82) is 0 Å². The third kappa shape index (κ3) is 2.37. The maximum Gasteiger partial charge on any atom is 0.339 e. The molecule has 0 saturated heterocycles. The van der Waals surface area contributed by atoms with Crippen LogP contribution in [-0.2, 0) is 6.54 Å². The molecule has 0 amide bonds. The number of hydrogen-bond acceptors (Lipinski definition) is 2. The van der Waals surface area contributed by atoms with E-state index in [2.05, 4.69) is 5.10 Å². The van der Waals surface area contributed by atoms with Crippen LogP contribution in [0.3, 0.4) is 0 Å². The molecule has 0 unspecified atom stereocenters. The fourth-order valence-electron chi connectivity index (χ4n) is 1.69. The molecule has 1 N–H and O–H groups in total. The number of benzene rings is 1. The van der Waals surface area contributed by atoms with Crippen molar-refractivity contribution in [2.75, 3.05) is 0 Å². The number of halogens is 2. The van der Waals surface area contributed by atoms with Crippen LogP contribution >= 0.6 is 0 Å². The van der Waals surface area contributed by atoms with Crippen LogP contribution in [0.2, 0.25) is 0 Å². The lowest BCUT2D eigenvalue weighted by atomic mass is 10.2. The Hall–Kier alpha value is -2.24. The maximum atomic E-state index is 13.0. The number of carboxylic acid groups (broad SMARTS) is 1. The summed E-state index contributed by atoms with van der Waals surface area (Å²) in [5.41, 5.74) is 0.898. The van der Waals surface area contributed by atoms with Crippen molar-refractivity contribution >= 4 is 5.97 Å². The zero-order valence-corrected chi connectivity index (χ0v) is 9.52. The van der Waals surface area contributed by atoms with Crippen molar-refractivity contribution in [3.8, 4) is 0 Å². The van der Waals surface area contributed by atoms with Crippen molar-refractivity contribution in [1.82, 2.24) is 9.78 Å². The molecule has 0 aliphatic carbocycles. The fraction of sp³-hybridized carbons (Fsp3) is 0.167. The van der Waals surface area contributed by atoms with Gasteiger partial charge >= 0.3 is 5.97 Å². The number of rotatable bonds is 3. The van der Waals surface area contributed by atoms with Crippen LogP contribution < -0.4 is 0 Å². The molecule has 4 nitrogen and oxygen atoms in total. The first kappa shape index (κ1) is 12.2. The lowest BCUT2D eigenvalue weighted by molar-refractivity contribution is 0.0696. The molecule has 2 aromatic rings. The first-order valence-corrected chi connectivity index (χ1v) is 5.18. The van der Waals surface area contributed by atoms with Crippen LogP contribution in [0, 0.1) is 18.6 Å². The van der Waals surface area contributed by atoms with E-state index in [1.54, 1.807) is 6.92 Å². The second kappa shape index (κ2) is 4.56. The summed E-state index contributed by atoms with van der Waals surface area (Å²) in [6, 6.07) is 3.15. The molecule has 0 fully saturated rings. The standard InChI is InChI=1S/C12H10F2N2O2/c1-7-11(12(17)18)5-15-16(7)6-8-2-9(13)4-10(14)3-8/h2-5H,6H2,1H3,(H,17,18). The number of carboxylic acids is 1. The van der Waals surface area contributed by atoms with Crippen molar-refractivity contribution < 1.29 is 18.7 Å². The van der Waals surface area contributed by atoms with Crippen LogP contribution in [-0.4, -0.2) is 20.9 Å². The number of carbonyl (C=O) groups is 1. The summed E-state index contributed by atoms with van der Waals surface area (Å²) >= 11 is 0. The highest BCUT2D eigenvalue weighted by Gasteiger charge is 2.13. The largest absolute Gasteiger partial charge is 0.478 e. The lowest BCUT2D eigenvalue weighted by Gasteiger charge is -2.05. The van der Waals surface area contributed by atoms with Gasteiger partial charge in [-0.15, -0.1) is 0 Å². The summed E-state index contributed by atoms with van der Waals surface area (Å²) in [7, 11) is 0. The quantitative estimate of drug-likeness (QED) is 0.911. The van der Waals surface area contributed by atoms with Gasteiger partial charge in [0, 0.05) is 6.07 Å². The molecule has 0 radical (unpaired) electrons. The van der Waals surface area contributed by atoms with Gasteiger partial charge in [0.2, 0.25) is 0 Å². The summed E-state index contributed by atoms with van der Waals surface area (Å²) in [5.74, 6) is -2.43. The van der Waals surface area contributed by atoms with Crippen molar-refractivity contribution in [3.63, 3.8) is 0 Å². The van der Waals surface area contributed by atoms with Crippen molar-refractivity contribution in [3.05, 3.63) is 52.9 Å². The minimum absolute atomic E-state index is 0.0758. The van der Waals surface area contributed by atoms with Gasteiger partial charge in [0.25, 0.3) is 0 Å². The van der Waals surface area contributed by atoms with E-state index in [-0.39, 0.29) is 12.1 Å². The average Bonchev–Trinajstić information content (AvgIpc) is 2.59. The van der Waals surface area contributed by atoms with Crippen molar-refractivity contribution in [2.45, 2.75) is 13.5 Å². The van der Waals surface area contributed by atoms with Crippen LogP contribution in [0.1, 0.15) is 21.6 Å². The van der Waals surface area contributed by atoms with E-state index in [0.717, 1.165) is 6.07 Å². The van der Waals surface area contributed by atoms with E-state index in [0.29, 0.717) is 11.3 Å². The molecule has 1 aromatic heterocycles. The molecule has 94 valence electrons. The van der Waals surface area contributed by atoms with Gasteiger partial charge in [-0.05, 0) is 24.6 Å². The van der Waals surface area contributed by atoms with E-state index < -0.39 is 17.6 Å². The summed E-state index contributed by atoms with van der Waals surface area (Å²) in [6.45, 7) is 1.71. The smallest absolute Gasteiger partial charge is 0.339 e. The number of aromatic nitrogens is 2. The molecule has 0 aliphatic rings. The van der Waals surface area contributed by atoms with Gasteiger partial charge in [0.15, 0.2) is 0 Å². The van der Waals surface area contributed by atoms with Gasteiger partial charge in [0.1, 0.15) is 17.2 Å². The summed E-state index contributed by atoms with van der Waals surface area (Å²) in [4.78, 5) is 10.8. The van der Waals surface area contributed by atoms with Gasteiger partial charge in [-0.1, -0.05) is 0 Å². The van der Waals surface area contributed by atoms with E-state index in [1.165, 1.54) is 23.0 Å². The minimum Gasteiger partial charge on any atom is -0.478 e. The van der Waals surface area contributed by atoms with Gasteiger partial charge in [0.05, 0.1) is 18.4 Å². The van der Waals surface area contributed by atoms with E-state index >= 15 is 0 Å². The number of nitrogens with zero attached hydrogens (tertiary/aromatic N) is 2. The highest BCUT2D eigenvalue weighted by molar-refractivity contribution is 5.88. The Balaban J connectivity index is 2.31. The van der Waals surface area contributed by atoms with Gasteiger partial charge < -0.3 is 5.11 Å². The zero-order chi connectivity index (χ0) is 13.3. The molecule has 0 atom stereocenters. The van der Waals surface area contributed by atoms with E-state index in [1.807, 2.05) is 0 Å². The highest BCUT2D eigenvalue weighted by atomic mass is 19.1. The van der Waals surface area contributed by atoms with Crippen molar-refractivity contribution in [2.24, 2.45) is 0 Å². The third-order valence-electron chi connectivity index (χ3n) is 2.59. The van der Waals surface area contributed by atoms with E-state index in [9.17, 15) is 13.6 Å². The third-order valence-corrected chi connectivity index (χ3v) is 2.59. The molecule has 0 bridgehead atoms. The maximum absolute atomic E-state index is 13.0. The first-order chi connectivity index (χ1) is 8.47. The minimum atomic E-state index is -1.08. The average molecular weight is 252 g/mol. The topological polar surface area (TPSA) is 55.1 Å². The molecule has 1 aromatic carbocycles. The number of hydrogen-bond donors (Lipinski definition) is 1. The predicted octanol–water partition coefficient (Wildman–Crippen LogP) is 2.22. The SMILES string of the molecule is Cc1c(C(=O)O)cnn1Cc1cc(F)cc(F)c1. The first-order valence-electron chi connectivity index (χ1n) is 5.18. The summed E-state index contributed by atoms with van der Waals surface area (Å²) in [6.07, 6.45) is 1.22. The Morgan fingerprint density at radius 3 is 2.44 bits per heavy atom. The Bertz CT molecular complexity index is 588. The lowest BCUT2D eigenvalue weighted by Crippen LogP contribution is -2.06. The Labute approximate surface area is 101 Å². The van der Waals surface area contributed by atoms with Crippen LogP contribution in [0.15, 0.2) is 24.4 Å². The molecule has 0 spiro atoms. The molecular formula is C12H10F2N2O2. The normalized spacial score (nSPS) is 10.6. The number of aromatic carboxylic acids is 1. The van der Waals surface area contributed by atoms with Crippen LogP contribution in [0.4, 0.5) is 8.78 Å². The summed E-state index contributed by atoms with van der Waals surface area (Å²) < 4.78 is 27.4. The van der Waals surface area contributed by atoms with Crippen LogP contribution in [0.25, 0.3) is 0 Å². The fourth-order valence-corrected chi connectivity index (χ4v) is 1.69. The summed E-state index contributed by atoms with van der Waals surface area (Å²) in [5, 5.41) is 12.7. The van der Waals surface area contributed by atoms with Crippen LogP contribution in [0.5, 0.6) is 0 Å². The molecule has 0 aliphatic heterocycles. The second-order valence-corrected chi connectivity index (χ2v) is 3.88. The second-order valence-electron chi connectivity index (χ2n) is 3.88. The molecule has 1 heterocycles. The Morgan fingerprint density at radius 1 is 1.33 bits per heavy atom.